The Bertz CT molecular complexity index is 405. The SMILES string of the molecule is C=C(CCC)Oc1ccc(/C=C/C)cc1OC. The van der Waals surface area contributed by atoms with Gasteiger partial charge in [-0.2, -0.15) is 0 Å². The summed E-state index contributed by atoms with van der Waals surface area (Å²) in [6.45, 7) is 7.97. The molecule has 0 aromatic heterocycles. The number of benzene rings is 1. The fraction of sp³-hybridized carbons (Fsp3) is 0.333. The lowest BCUT2D eigenvalue weighted by Gasteiger charge is -2.12. The van der Waals surface area contributed by atoms with E-state index >= 15 is 0 Å². The minimum Gasteiger partial charge on any atom is -0.493 e. The molecule has 92 valence electrons. The molecule has 2 nitrogen and oxygen atoms in total. The molecule has 1 rings (SSSR count). The van der Waals surface area contributed by atoms with Crippen LogP contribution in [0.4, 0.5) is 0 Å². The first-order chi connectivity index (χ1) is 8.21. The summed E-state index contributed by atoms with van der Waals surface area (Å²) < 4.78 is 11.0. The van der Waals surface area contributed by atoms with Crippen LogP contribution in [0, 0.1) is 0 Å². The molecule has 0 fully saturated rings. The second-order valence-electron chi connectivity index (χ2n) is 3.80. The summed E-state index contributed by atoms with van der Waals surface area (Å²) in [7, 11) is 1.64. The van der Waals surface area contributed by atoms with Crippen LogP contribution in [-0.4, -0.2) is 7.11 Å². The third-order valence-electron chi connectivity index (χ3n) is 2.33. The Kier molecular flexibility index (Phi) is 5.34. The molecular weight excluding hydrogens is 212 g/mol. The van der Waals surface area contributed by atoms with Gasteiger partial charge in [0.25, 0.3) is 0 Å². The number of ether oxygens (including phenoxy) is 2. The fourth-order valence-electron chi connectivity index (χ4n) is 1.55. The highest BCUT2D eigenvalue weighted by atomic mass is 16.5. The minimum absolute atomic E-state index is 0.721. The Hall–Kier alpha value is -1.70. The summed E-state index contributed by atoms with van der Waals surface area (Å²) in [6.07, 6.45) is 5.90. The molecule has 0 radical (unpaired) electrons. The minimum atomic E-state index is 0.721. The van der Waals surface area contributed by atoms with Crippen molar-refractivity contribution in [3.05, 3.63) is 42.2 Å². The molecule has 1 aromatic rings. The molecule has 17 heavy (non-hydrogen) atoms. The lowest BCUT2D eigenvalue weighted by atomic mass is 10.2. The zero-order chi connectivity index (χ0) is 12.7. The van der Waals surface area contributed by atoms with Gasteiger partial charge in [-0.1, -0.05) is 31.7 Å². The van der Waals surface area contributed by atoms with E-state index in [1.54, 1.807) is 7.11 Å². The lowest BCUT2D eigenvalue weighted by Crippen LogP contribution is -1.96. The van der Waals surface area contributed by atoms with Gasteiger partial charge >= 0.3 is 0 Å². The van der Waals surface area contributed by atoms with Crippen LogP contribution in [0.15, 0.2) is 36.6 Å². The predicted octanol–water partition coefficient (Wildman–Crippen LogP) is 4.42. The molecule has 1 aromatic carbocycles. The highest BCUT2D eigenvalue weighted by molar-refractivity contribution is 5.55. The van der Waals surface area contributed by atoms with Crippen molar-refractivity contribution in [3.8, 4) is 11.5 Å². The van der Waals surface area contributed by atoms with Crippen molar-refractivity contribution in [1.82, 2.24) is 0 Å². The molecule has 0 N–H and O–H groups in total. The Morgan fingerprint density at radius 2 is 2.12 bits per heavy atom. The molecule has 0 amide bonds. The number of rotatable bonds is 6. The van der Waals surface area contributed by atoms with Crippen molar-refractivity contribution in [1.29, 1.82) is 0 Å². The zero-order valence-electron chi connectivity index (χ0n) is 10.8. The van der Waals surface area contributed by atoms with Crippen LogP contribution in [0.5, 0.6) is 11.5 Å². The number of hydrogen-bond acceptors (Lipinski definition) is 2. The van der Waals surface area contributed by atoms with Crippen LogP contribution in [0.25, 0.3) is 6.08 Å². The Balaban J connectivity index is 2.88. The molecule has 0 unspecified atom stereocenters. The van der Waals surface area contributed by atoms with Gasteiger partial charge in [-0.15, -0.1) is 0 Å². The number of allylic oxidation sites excluding steroid dienone is 2. The van der Waals surface area contributed by atoms with Gasteiger partial charge in [0.1, 0.15) is 0 Å². The van der Waals surface area contributed by atoms with Gasteiger partial charge in [-0.25, -0.2) is 0 Å². The normalized spacial score (nSPS) is 10.5. The molecule has 0 bridgehead atoms. The maximum atomic E-state index is 5.67. The van der Waals surface area contributed by atoms with Crippen molar-refractivity contribution in [2.75, 3.05) is 7.11 Å². The first kappa shape index (κ1) is 13.4. The number of methoxy groups -OCH3 is 1. The van der Waals surface area contributed by atoms with E-state index in [1.165, 1.54) is 0 Å². The third-order valence-corrected chi connectivity index (χ3v) is 2.33. The molecule has 0 heterocycles. The van der Waals surface area contributed by atoms with Crippen LogP contribution >= 0.6 is 0 Å². The van der Waals surface area contributed by atoms with Gasteiger partial charge in [0, 0.05) is 6.42 Å². The van der Waals surface area contributed by atoms with Gasteiger partial charge in [-0.3, -0.25) is 0 Å². The van der Waals surface area contributed by atoms with Crippen LogP contribution < -0.4 is 9.47 Å². The summed E-state index contributed by atoms with van der Waals surface area (Å²) in [6, 6.07) is 5.86. The Labute approximate surface area is 104 Å². The van der Waals surface area contributed by atoms with Crippen LogP contribution in [0.2, 0.25) is 0 Å². The average Bonchev–Trinajstić information content (AvgIpc) is 2.31. The van der Waals surface area contributed by atoms with Crippen molar-refractivity contribution in [2.24, 2.45) is 0 Å². The fourth-order valence-corrected chi connectivity index (χ4v) is 1.55. The van der Waals surface area contributed by atoms with Gasteiger partial charge in [0.15, 0.2) is 11.5 Å². The second-order valence-corrected chi connectivity index (χ2v) is 3.80. The highest BCUT2D eigenvalue weighted by Gasteiger charge is 2.06. The Morgan fingerprint density at radius 1 is 1.35 bits per heavy atom. The molecule has 2 heteroatoms. The molecule has 0 spiro atoms. The van der Waals surface area contributed by atoms with Crippen LogP contribution in [0.3, 0.4) is 0 Å². The summed E-state index contributed by atoms with van der Waals surface area (Å²) >= 11 is 0. The van der Waals surface area contributed by atoms with Gasteiger partial charge in [0.05, 0.1) is 12.9 Å². The van der Waals surface area contributed by atoms with Gasteiger partial charge in [0.2, 0.25) is 0 Å². The lowest BCUT2D eigenvalue weighted by molar-refractivity contribution is 0.352. The van der Waals surface area contributed by atoms with E-state index in [0.717, 1.165) is 35.7 Å². The maximum Gasteiger partial charge on any atom is 0.168 e. The standard InChI is InChI=1S/C15H20O2/c1-5-7-12(3)17-14-10-9-13(8-6-2)11-15(14)16-4/h6,8-11H,3,5,7H2,1-2,4H3/b8-6+. The van der Waals surface area contributed by atoms with Gasteiger partial charge < -0.3 is 9.47 Å². The zero-order valence-corrected chi connectivity index (χ0v) is 10.8. The molecule has 0 aliphatic rings. The van der Waals surface area contributed by atoms with E-state index in [4.69, 9.17) is 9.47 Å². The predicted molar refractivity (Wildman–Crippen MR) is 72.4 cm³/mol. The van der Waals surface area contributed by atoms with E-state index < -0.39 is 0 Å². The Morgan fingerprint density at radius 3 is 2.71 bits per heavy atom. The molecule has 0 atom stereocenters. The summed E-state index contributed by atoms with van der Waals surface area (Å²) in [5, 5.41) is 0. The molecule has 0 saturated carbocycles. The van der Waals surface area contributed by atoms with E-state index in [0.29, 0.717) is 0 Å². The molecule has 0 aliphatic heterocycles. The van der Waals surface area contributed by atoms with E-state index in [2.05, 4.69) is 13.5 Å². The van der Waals surface area contributed by atoms with Crippen molar-refractivity contribution in [3.63, 3.8) is 0 Å². The van der Waals surface area contributed by atoms with E-state index in [-0.39, 0.29) is 0 Å². The summed E-state index contributed by atoms with van der Waals surface area (Å²) in [5.74, 6) is 2.22. The largest absolute Gasteiger partial charge is 0.493 e. The molecule has 0 aliphatic carbocycles. The second kappa shape index (κ2) is 6.79. The summed E-state index contributed by atoms with van der Waals surface area (Å²) in [5.41, 5.74) is 1.10. The monoisotopic (exact) mass is 232 g/mol. The van der Waals surface area contributed by atoms with Crippen molar-refractivity contribution < 1.29 is 9.47 Å². The van der Waals surface area contributed by atoms with Gasteiger partial charge in [-0.05, 0) is 31.0 Å². The maximum absolute atomic E-state index is 5.67. The summed E-state index contributed by atoms with van der Waals surface area (Å²) in [4.78, 5) is 0. The van der Waals surface area contributed by atoms with Crippen molar-refractivity contribution >= 4 is 6.08 Å². The van der Waals surface area contributed by atoms with E-state index in [9.17, 15) is 0 Å². The highest BCUT2D eigenvalue weighted by Crippen LogP contribution is 2.30. The van der Waals surface area contributed by atoms with Crippen molar-refractivity contribution in [2.45, 2.75) is 26.7 Å². The quantitative estimate of drug-likeness (QED) is 0.676. The number of hydrogen-bond donors (Lipinski definition) is 0. The molecular formula is C15H20O2. The topological polar surface area (TPSA) is 18.5 Å². The van der Waals surface area contributed by atoms with Crippen LogP contribution in [-0.2, 0) is 0 Å². The first-order valence-corrected chi connectivity index (χ1v) is 5.87. The third kappa shape index (κ3) is 3.99. The van der Waals surface area contributed by atoms with Crippen LogP contribution in [0.1, 0.15) is 32.3 Å². The average molecular weight is 232 g/mol. The van der Waals surface area contributed by atoms with E-state index in [1.807, 2.05) is 37.3 Å². The smallest absolute Gasteiger partial charge is 0.168 e. The molecule has 0 saturated heterocycles. The first-order valence-electron chi connectivity index (χ1n) is 5.87.